The van der Waals surface area contributed by atoms with Crippen molar-refractivity contribution in [3.05, 3.63) is 58.7 Å². The Labute approximate surface area is 208 Å². The summed E-state index contributed by atoms with van der Waals surface area (Å²) in [6, 6.07) is 11.1. The number of anilines is 4. The van der Waals surface area contributed by atoms with Gasteiger partial charge in [-0.1, -0.05) is 42.8 Å². The predicted octanol–water partition coefficient (Wildman–Crippen LogP) is 3.38. The van der Waals surface area contributed by atoms with Crippen LogP contribution < -0.4 is 21.3 Å². The summed E-state index contributed by atoms with van der Waals surface area (Å²) in [4.78, 5) is 31.0. The molecular weight excluding hydrogens is 464 g/mol. The molecular formula is C25H25ClN8O. The van der Waals surface area contributed by atoms with Gasteiger partial charge >= 0.3 is 0 Å². The minimum Gasteiger partial charge on any atom is -0.382 e. The third-order valence-corrected chi connectivity index (χ3v) is 6.98. The molecule has 1 aromatic carbocycles. The van der Waals surface area contributed by atoms with E-state index < -0.39 is 0 Å². The van der Waals surface area contributed by atoms with Crippen molar-refractivity contribution >= 4 is 46.6 Å². The molecule has 1 aliphatic carbocycles. The highest BCUT2D eigenvalue weighted by molar-refractivity contribution is 6.36. The number of amides is 1. The molecule has 3 atom stereocenters. The molecule has 0 spiro atoms. The Kier molecular flexibility index (Phi) is 5.91. The van der Waals surface area contributed by atoms with Crippen LogP contribution in [0.15, 0.2) is 58.1 Å². The Hall–Kier alpha value is -3.90. The number of halogens is 1. The molecule has 5 rings (SSSR count). The number of amidine groups is 1. The van der Waals surface area contributed by atoms with Gasteiger partial charge in [0.2, 0.25) is 5.95 Å². The second-order valence-electron chi connectivity index (χ2n) is 8.98. The molecule has 35 heavy (non-hydrogen) atoms. The van der Waals surface area contributed by atoms with Gasteiger partial charge in [-0.3, -0.25) is 14.7 Å². The quantitative estimate of drug-likeness (QED) is 0.675. The van der Waals surface area contributed by atoms with Crippen LogP contribution in [0.3, 0.4) is 0 Å². The second-order valence-corrected chi connectivity index (χ2v) is 9.39. The summed E-state index contributed by atoms with van der Waals surface area (Å²) in [6.07, 6.45) is 5.86. The van der Waals surface area contributed by atoms with Crippen molar-refractivity contribution in [2.45, 2.75) is 38.3 Å². The lowest BCUT2D eigenvalue weighted by molar-refractivity contribution is -0.114. The van der Waals surface area contributed by atoms with E-state index in [2.05, 4.69) is 23.0 Å². The van der Waals surface area contributed by atoms with Crippen LogP contribution in [0, 0.1) is 17.2 Å². The fraction of sp³-hybridized carbons (Fsp3) is 0.320. The maximum absolute atomic E-state index is 14.0. The van der Waals surface area contributed by atoms with E-state index in [1.807, 2.05) is 47.4 Å². The third-order valence-electron chi connectivity index (χ3n) is 6.62. The number of rotatable bonds is 3. The fourth-order valence-corrected chi connectivity index (χ4v) is 5.18. The van der Waals surface area contributed by atoms with Gasteiger partial charge in [-0.2, -0.15) is 15.2 Å². The first kappa shape index (κ1) is 22.9. The average Bonchev–Trinajstić information content (AvgIpc) is 2.96. The van der Waals surface area contributed by atoms with Crippen molar-refractivity contribution in [2.75, 3.05) is 27.8 Å². The smallest absolute Gasteiger partial charge is 0.261 e. The normalized spacial score (nSPS) is 24.2. The predicted molar refractivity (Wildman–Crippen MR) is 137 cm³/mol. The van der Waals surface area contributed by atoms with Gasteiger partial charge in [0.25, 0.3) is 5.91 Å². The van der Waals surface area contributed by atoms with Crippen LogP contribution in [-0.4, -0.2) is 40.3 Å². The number of nitrogens with zero attached hydrogens (tertiary/aromatic N) is 6. The Morgan fingerprint density at radius 3 is 2.69 bits per heavy atom. The van der Waals surface area contributed by atoms with Gasteiger partial charge in [-0.15, -0.1) is 0 Å². The summed E-state index contributed by atoms with van der Waals surface area (Å²) >= 11 is 6.59. The Morgan fingerprint density at radius 2 is 1.97 bits per heavy atom. The zero-order chi connectivity index (χ0) is 24.7. The number of nitrogen functional groups attached to an aromatic ring is 2. The van der Waals surface area contributed by atoms with Crippen molar-refractivity contribution in [1.29, 1.82) is 5.26 Å². The Bertz CT molecular complexity index is 1310. The van der Waals surface area contributed by atoms with E-state index >= 15 is 0 Å². The number of aliphatic imine (C=N–C) groups is 1. The third kappa shape index (κ3) is 4.00. The van der Waals surface area contributed by atoms with Crippen molar-refractivity contribution in [3.63, 3.8) is 0 Å². The topological polar surface area (TPSA) is 138 Å². The van der Waals surface area contributed by atoms with E-state index in [4.69, 9.17) is 28.1 Å². The summed E-state index contributed by atoms with van der Waals surface area (Å²) in [5.41, 5.74) is 13.3. The van der Waals surface area contributed by atoms with Crippen LogP contribution in [-0.2, 0) is 4.79 Å². The maximum Gasteiger partial charge on any atom is 0.261 e. The van der Waals surface area contributed by atoms with Crippen LogP contribution in [0.2, 0.25) is 0 Å². The number of nitriles is 1. The number of fused-ring (bicyclic) bond motifs is 2. The number of carbonyl (C=O) groups is 1. The zero-order valence-corrected chi connectivity index (χ0v) is 20.0. The van der Waals surface area contributed by atoms with Crippen molar-refractivity contribution < 1.29 is 4.79 Å². The Morgan fingerprint density at radius 1 is 1.20 bits per heavy atom. The minimum atomic E-state index is -0.325. The monoisotopic (exact) mass is 488 g/mol. The van der Waals surface area contributed by atoms with Gasteiger partial charge in [0.05, 0.1) is 17.8 Å². The molecule has 0 radical (unpaired) electrons. The number of aromatic nitrogens is 2. The first-order chi connectivity index (χ1) is 16.9. The number of benzene rings is 1. The summed E-state index contributed by atoms with van der Waals surface area (Å²) in [5, 5.41) is 10.2. The molecule has 1 aromatic heterocycles. The molecule has 178 valence electrons. The lowest BCUT2D eigenvalue weighted by Gasteiger charge is -2.49. The minimum absolute atomic E-state index is 0.0135. The van der Waals surface area contributed by atoms with Gasteiger partial charge in [-0.25, -0.2) is 0 Å². The molecule has 1 fully saturated rings. The molecule has 0 saturated carbocycles. The number of carbonyl (C=O) groups excluding carboxylic acids is 1. The van der Waals surface area contributed by atoms with Crippen molar-refractivity contribution in [1.82, 2.24) is 9.97 Å². The first-order valence-corrected chi connectivity index (χ1v) is 11.9. The van der Waals surface area contributed by atoms with E-state index in [-0.39, 0.29) is 41.2 Å². The highest BCUT2D eigenvalue weighted by Gasteiger charge is 2.47. The molecule has 10 heteroatoms. The second kappa shape index (κ2) is 9.04. The molecule has 3 aliphatic rings. The zero-order valence-electron chi connectivity index (χ0n) is 19.2. The summed E-state index contributed by atoms with van der Waals surface area (Å²) < 4.78 is 0. The molecule has 3 unspecified atom stereocenters. The molecule has 2 aromatic rings. The number of hydrogen-bond donors (Lipinski definition) is 2. The molecule has 1 saturated heterocycles. The van der Waals surface area contributed by atoms with Gasteiger partial charge < -0.3 is 16.4 Å². The van der Waals surface area contributed by atoms with E-state index in [0.717, 1.165) is 12.8 Å². The van der Waals surface area contributed by atoms with E-state index in [0.29, 0.717) is 40.9 Å². The standard InChI is InChI=1S/C25H25ClN8O/c1-14-13-33(22-18(12-27)21(28)31-25(29)32-22)20(14)23-30-15-7-5-6-10-19(26)17(11-15)24(35)34(23)16-8-3-2-4-9-16/h2-4,6,8-10,14-15,20H,5,7,11,13H2,1H3,(H4,28,29,31,32). The van der Waals surface area contributed by atoms with Crippen LogP contribution >= 0.6 is 11.6 Å². The Balaban J connectivity index is 1.67. The van der Waals surface area contributed by atoms with Crippen LogP contribution in [0.25, 0.3) is 0 Å². The van der Waals surface area contributed by atoms with E-state index in [1.165, 1.54) is 0 Å². The van der Waals surface area contributed by atoms with Gasteiger partial charge in [-0.05, 0) is 31.1 Å². The number of para-hydroxylation sites is 1. The number of allylic oxidation sites excluding steroid dienone is 3. The summed E-state index contributed by atoms with van der Waals surface area (Å²) in [6.45, 7) is 2.68. The molecule has 1 amide bonds. The molecule has 2 bridgehead atoms. The van der Waals surface area contributed by atoms with Gasteiger partial charge in [0.1, 0.15) is 23.3 Å². The SMILES string of the molecule is CC1CN(c2nc(N)nc(N)c2C#N)C1C1=NC2CCC=CC(Cl)=C(C2)C(=O)N1c1ccccc1. The molecule has 4 N–H and O–H groups in total. The van der Waals surface area contributed by atoms with Crippen LogP contribution in [0.5, 0.6) is 0 Å². The van der Waals surface area contributed by atoms with Crippen molar-refractivity contribution in [3.8, 4) is 6.07 Å². The van der Waals surface area contributed by atoms with Crippen LogP contribution in [0.4, 0.5) is 23.3 Å². The van der Waals surface area contributed by atoms with Crippen molar-refractivity contribution in [2.24, 2.45) is 10.9 Å². The highest BCUT2D eigenvalue weighted by Crippen LogP contribution is 2.39. The van der Waals surface area contributed by atoms with E-state index in [1.54, 1.807) is 4.90 Å². The summed E-state index contributed by atoms with van der Waals surface area (Å²) in [7, 11) is 0. The van der Waals surface area contributed by atoms with Gasteiger partial charge in [0.15, 0.2) is 5.82 Å². The molecule has 9 nitrogen and oxygen atoms in total. The highest BCUT2D eigenvalue weighted by atomic mass is 35.5. The maximum atomic E-state index is 14.0. The van der Waals surface area contributed by atoms with Crippen LogP contribution in [0.1, 0.15) is 31.7 Å². The first-order valence-electron chi connectivity index (χ1n) is 11.5. The lowest BCUT2D eigenvalue weighted by Crippen LogP contribution is -2.64. The lowest BCUT2D eigenvalue weighted by atomic mass is 9.87. The summed E-state index contributed by atoms with van der Waals surface area (Å²) in [5.74, 6) is 0.895. The van der Waals surface area contributed by atoms with Gasteiger partial charge in [0, 0.05) is 29.5 Å². The number of hydrogen-bond acceptors (Lipinski definition) is 8. The fourth-order valence-electron chi connectivity index (χ4n) is 4.93. The average molecular weight is 489 g/mol. The molecule has 2 aliphatic heterocycles. The number of nitrogens with two attached hydrogens (primary N) is 2. The largest absolute Gasteiger partial charge is 0.382 e. The molecule has 3 heterocycles. The van der Waals surface area contributed by atoms with E-state index in [9.17, 15) is 10.1 Å².